The van der Waals surface area contributed by atoms with E-state index in [9.17, 15) is 4.79 Å². The Kier molecular flexibility index (Phi) is 7.16. The molecule has 24 heavy (non-hydrogen) atoms. The average molecular weight is 363 g/mol. The monoisotopic (exact) mass is 362 g/mol. The fraction of sp³-hybridized carbons (Fsp3) is 0.316. The number of hydrogen-bond acceptors (Lipinski definition) is 3. The van der Waals surface area contributed by atoms with Crippen LogP contribution in [0.1, 0.15) is 22.8 Å². The van der Waals surface area contributed by atoms with Crippen LogP contribution in [-0.4, -0.2) is 36.5 Å². The number of benzene rings is 2. The molecule has 5 heteroatoms. The molecule has 0 aromatic heterocycles. The average Bonchev–Trinajstić information content (AvgIpc) is 2.61. The van der Waals surface area contributed by atoms with Gasteiger partial charge < -0.3 is 10.2 Å². The highest BCUT2D eigenvalue weighted by molar-refractivity contribution is 7.98. The first-order chi connectivity index (χ1) is 11.2. The van der Waals surface area contributed by atoms with Crippen LogP contribution in [0.15, 0.2) is 59.5 Å². The van der Waals surface area contributed by atoms with Gasteiger partial charge in [-0.1, -0.05) is 30.3 Å². The van der Waals surface area contributed by atoms with Crippen molar-refractivity contribution in [2.75, 3.05) is 19.6 Å². The van der Waals surface area contributed by atoms with Gasteiger partial charge in [-0.05, 0) is 36.8 Å². The lowest BCUT2D eigenvalue weighted by atomic mass is 10.1. The van der Waals surface area contributed by atoms with Gasteiger partial charge in [-0.2, -0.15) is 0 Å². The van der Waals surface area contributed by atoms with Crippen molar-refractivity contribution in [2.45, 2.75) is 23.6 Å². The number of piperazine rings is 1. The van der Waals surface area contributed by atoms with Gasteiger partial charge in [0.05, 0.1) is 0 Å². The van der Waals surface area contributed by atoms with Crippen molar-refractivity contribution in [1.82, 2.24) is 10.2 Å². The molecule has 2 aromatic rings. The third-order valence-electron chi connectivity index (χ3n) is 4.01. The highest BCUT2D eigenvalue weighted by atomic mass is 35.5. The molecule has 1 unspecified atom stereocenters. The Morgan fingerprint density at radius 2 is 1.88 bits per heavy atom. The third kappa shape index (κ3) is 5.00. The summed E-state index contributed by atoms with van der Waals surface area (Å²) in [5.41, 5.74) is 2.02. The third-order valence-corrected chi connectivity index (χ3v) is 5.09. The second kappa shape index (κ2) is 9.11. The number of carbonyl (C=O) groups is 1. The zero-order chi connectivity index (χ0) is 16.1. The standard InChI is InChI=1S/C19H22N2OS.ClH/c1-15-13-21(12-11-20-15)19(22)17-9-7-16(8-10-17)14-23-18-5-3-2-4-6-18;/h2-10,15,20H,11-14H2,1H3;1H. The summed E-state index contributed by atoms with van der Waals surface area (Å²) in [4.78, 5) is 15.7. The van der Waals surface area contributed by atoms with Crippen molar-refractivity contribution in [2.24, 2.45) is 0 Å². The summed E-state index contributed by atoms with van der Waals surface area (Å²) in [6.45, 7) is 4.56. The number of thioether (sulfide) groups is 1. The Labute approximate surface area is 154 Å². The Hall–Kier alpha value is -1.49. The van der Waals surface area contributed by atoms with Crippen LogP contribution < -0.4 is 5.32 Å². The molecular formula is C19H23ClN2OS. The molecule has 128 valence electrons. The second-order valence-electron chi connectivity index (χ2n) is 5.90. The summed E-state index contributed by atoms with van der Waals surface area (Å²) >= 11 is 1.81. The van der Waals surface area contributed by atoms with Gasteiger partial charge in [0.25, 0.3) is 5.91 Å². The largest absolute Gasteiger partial charge is 0.336 e. The first-order valence-corrected chi connectivity index (χ1v) is 9.00. The van der Waals surface area contributed by atoms with Crippen molar-refractivity contribution < 1.29 is 4.79 Å². The molecule has 1 aliphatic rings. The first-order valence-electron chi connectivity index (χ1n) is 8.02. The summed E-state index contributed by atoms with van der Waals surface area (Å²) in [6.07, 6.45) is 0. The molecule has 1 fully saturated rings. The number of hydrogen-bond donors (Lipinski definition) is 1. The quantitative estimate of drug-likeness (QED) is 0.839. The Balaban J connectivity index is 0.00000208. The van der Waals surface area contributed by atoms with Gasteiger partial charge in [-0.15, -0.1) is 24.2 Å². The first kappa shape index (κ1) is 18.8. The van der Waals surface area contributed by atoms with Crippen LogP contribution in [0.5, 0.6) is 0 Å². The maximum absolute atomic E-state index is 12.5. The summed E-state index contributed by atoms with van der Waals surface area (Å²) in [5, 5.41) is 3.36. The molecule has 1 heterocycles. The predicted molar refractivity (Wildman–Crippen MR) is 103 cm³/mol. The van der Waals surface area contributed by atoms with Crippen LogP contribution in [0.25, 0.3) is 0 Å². The van der Waals surface area contributed by atoms with Crippen molar-refractivity contribution in [1.29, 1.82) is 0 Å². The van der Waals surface area contributed by atoms with Crippen LogP contribution in [0.3, 0.4) is 0 Å². The molecule has 1 N–H and O–H groups in total. The summed E-state index contributed by atoms with van der Waals surface area (Å²) in [7, 11) is 0. The van der Waals surface area contributed by atoms with E-state index in [-0.39, 0.29) is 18.3 Å². The highest BCUT2D eigenvalue weighted by Crippen LogP contribution is 2.22. The van der Waals surface area contributed by atoms with Crippen LogP contribution in [-0.2, 0) is 5.75 Å². The second-order valence-corrected chi connectivity index (χ2v) is 6.95. The lowest BCUT2D eigenvalue weighted by Crippen LogP contribution is -2.51. The van der Waals surface area contributed by atoms with Gasteiger partial charge in [-0.3, -0.25) is 4.79 Å². The number of rotatable bonds is 4. The van der Waals surface area contributed by atoms with Crippen molar-refractivity contribution >= 4 is 30.1 Å². The highest BCUT2D eigenvalue weighted by Gasteiger charge is 2.21. The molecule has 3 nitrogen and oxygen atoms in total. The number of halogens is 1. The molecular weight excluding hydrogens is 340 g/mol. The summed E-state index contributed by atoms with van der Waals surface area (Å²) in [5.74, 6) is 1.06. The van der Waals surface area contributed by atoms with Gasteiger partial charge in [-0.25, -0.2) is 0 Å². The predicted octanol–water partition coefficient (Wildman–Crippen LogP) is 3.83. The van der Waals surface area contributed by atoms with Crippen LogP contribution in [0, 0.1) is 0 Å². The summed E-state index contributed by atoms with van der Waals surface area (Å²) < 4.78 is 0. The number of nitrogens with one attached hydrogen (secondary N) is 1. The summed E-state index contributed by atoms with van der Waals surface area (Å²) in [6, 6.07) is 18.8. The van der Waals surface area contributed by atoms with E-state index in [4.69, 9.17) is 0 Å². The Morgan fingerprint density at radius 1 is 1.17 bits per heavy atom. The number of nitrogens with zero attached hydrogens (tertiary/aromatic N) is 1. The van der Waals surface area contributed by atoms with Crippen molar-refractivity contribution in [3.63, 3.8) is 0 Å². The fourth-order valence-corrected chi connectivity index (χ4v) is 3.60. The molecule has 1 amide bonds. The molecule has 0 radical (unpaired) electrons. The van der Waals surface area contributed by atoms with Crippen molar-refractivity contribution in [3.8, 4) is 0 Å². The van der Waals surface area contributed by atoms with Crippen molar-refractivity contribution in [3.05, 3.63) is 65.7 Å². The van der Waals surface area contributed by atoms with Crippen LogP contribution in [0.2, 0.25) is 0 Å². The van der Waals surface area contributed by atoms with Crippen LogP contribution in [0.4, 0.5) is 0 Å². The Bertz CT molecular complexity index is 648. The SMILES string of the molecule is CC1CN(C(=O)c2ccc(CSc3ccccc3)cc2)CCN1.Cl. The maximum Gasteiger partial charge on any atom is 0.253 e. The number of carbonyl (C=O) groups excluding carboxylic acids is 1. The van der Waals surface area contributed by atoms with E-state index in [1.54, 1.807) is 0 Å². The zero-order valence-electron chi connectivity index (χ0n) is 13.8. The molecule has 1 aliphatic heterocycles. The van der Waals surface area contributed by atoms with E-state index in [2.05, 4.69) is 48.6 Å². The van der Waals surface area contributed by atoms with Gasteiger partial charge in [0.2, 0.25) is 0 Å². The molecule has 3 rings (SSSR count). The number of amides is 1. The van der Waals surface area contributed by atoms with E-state index in [0.29, 0.717) is 6.04 Å². The van der Waals surface area contributed by atoms with E-state index >= 15 is 0 Å². The smallest absolute Gasteiger partial charge is 0.253 e. The lowest BCUT2D eigenvalue weighted by molar-refractivity contribution is 0.0709. The lowest BCUT2D eigenvalue weighted by Gasteiger charge is -2.32. The fourth-order valence-electron chi connectivity index (χ4n) is 2.73. The maximum atomic E-state index is 12.5. The topological polar surface area (TPSA) is 32.3 Å². The van der Waals surface area contributed by atoms with Gasteiger partial charge in [0.15, 0.2) is 0 Å². The zero-order valence-corrected chi connectivity index (χ0v) is 15.4. The minimum atomic E-state index is 0. The van der Waals surface area contributed by atoms with Gasteiger partial charge in [0, 0.05) is 41.9 Å². The molecule has 1 atom stereocenters. The minimum Gasteiger partial charge on any atom is -0.336 e. The van der Waals surface area contributed by atoms with E-state index in [1.165, 1.54) is 10.5 Å². The molecule has 0 saturated carbocycles. The molecule has 0 aliphatic carbocycles. The molecule has 0 spiro atoms. The van der Waals surface area contributed by atoms with Gasteiger partial charge in [0.1, 0.15) is 0 Å². The van der Waals surface area contributed by atoms with Gasteiger partial charge >= 0.3 is 0 Å². The minimum absolute atomic E-state index is 0. The normalized spacial score (nSPS) is 17.2. The van der Waals surface area contributed by atoms with E-state index < -0.39 is 0 Å². The van der Waals surface area contributed by atoms with E-state index in [0.717, 1.165) is 31.0 Å². The van der Waals surface area contributed by atoms with Crippen LogP contribution >= 0.6 is 24.2 Å². The molecule has 2 aromatic carbocycles. The Morgan fingerprint density at radius 3 is 2.54 bits per heavy atom. The molecule has 1 saturated heterocycles. The molecule has 0 bridgehead atoms. The van der Waals surface area contributed by atoms with E-state index in [1.807, 2.05) is 34.9 Å².